The van der Waals surface area contributed by atoms with Gasteiger partial charge in [0.25, 0.3) is 0 Å². The predicted octanol–water partition coefficient (Wildman–Crippen LogP) is 3.15. The minimum Gasteiger partial charge on any atom is -0.493 e. The summed E-state index contributed by atoms with van der Waals surface area (Å²) < 4.78 is 10.9. The molecular weight excluding hydrogens is 300 g/mol. The van der Waals surface area contributed by atoms with Crippen molar-refractivity contribution >= 4 is 23.4 Å². The molecule has 0 unspecified atom stereocenters. The zero-order valence-corrected chi connectivity index (χ0v) is 12.5. The molecule has 0 aliphatic carbocycles. The molecule has 2 aromatic rings. The topological polar surface area (TPSA) is 64.5 Å². The number of halogens is 1. The molecule has 0 radical (unpaired) electrons. The molecule has 7 heteroatoms. The number of benzene rings is 1. The number of hydrogen-bond acceptors (Lipinski definition) is 6. The number of thioether (sulfide) groups is 1. The molecule has 0 spiro atoms. The molecule has 1 aromatic heterocycles. The highest BCUT2D eigenvalue weighted by molar-refractivity contribution is 7.98. The molecular formula is C13H13ClN2O3S. The van der Waals surface area contributed by atoms with Crippen molar-refractivity contribution in [3.8, 4) is 17.4 Å². The van der Waals surface area contributed by atoms with Crippen LogP contribution in [0.15, 0.2) is 29.4 Å². The fraction of sp³-hybridized carbons (Fsp3) is 0.231. The second-order valence-corrected chi connectivity index (χ2v) is 4.92. The molecule has 0 bridgehead atoms. The van der Waals surface area contributed by atoms with E-state index < -0.39 is 0 Å². The Labute approximate surface area is 125 Å². The smallest absolute Gasteiger partial charge is 0.224 e. The quantitative estimate of drug-likeness (QED) is 0.520. The first kappa shape index (κ1) is 14.9. The lowest BCUT2D eigenvalue weighted by Crippen LogP contribution is -1.96. The van der Waals surface area contributed by atoms with E-state index in [4.69, 9.17) is 26.2 Å². The first-order valence-electron chi connectivity index (χ1n) is 5.70. The second-order valence-electron chi connectivity index (χ2n) is 3.76. The van der Waals surface area contributed by atoms with Gasteiger partial charge in [-0.15, -0.1) is 0 Å². The van der Waals surface area contributed by atoms with Crippen LogP contribution < -0.4 is 9.47 Å². The number of nitrogens with zero attached hydrogens (tertiary/aromatic N) is 2. The molecule has 0 aliphatic rings. The van der Waals surface area contributed by atoms with Gasteiger partial charge < -0.3 is 14.6 Å². The Bertz CT molecular complexity index is 610. The van der Waals surface area contributed by atoms with Crippen LogP contribution in [0.1, 0.15) is 5.56 Å². The van der Waals surface area contributed by atoms with Gasteiger partial charge in [-0.1, -0.05) is 29.4 Å². The van der Waals surface area contributed by atoms with Gasteiger partial charge in [0.15, 0.2) is 16.7 Å². The predicted molar refractivity (Wildman–Crippen MR) is 77.8 cm³/mol. The van der Waals surface area contributed by atoms with Crippen LogP contribution in [0, 0.1) is 0 Å². The maximum Gasteiger partial charge on any atom is 0.224 e. The number of aliphatic hydroxyl groups is 1. The summed E-state index contributed by atoms with van der Waals surface area (Å²) in [6, 6.07) is 6.68. The molecule has 0 saturated carbocycles. The summed E-state index contributed by atoms with van der Waals surface area (Å²) in [4.78, 5) is 8.24. The van der Waals surface area contributed by atoms with Gasteiger partial charge in [-0.3, -0.25) is 0 Å². The highest BCUT2D eigenvalue weighted by Crippen LogP contribution is 2.32. The minimum atomic E-state index is -0.0629. The van der Waals surface area contributed by atoms with E-state index in [9.17, 15) is 0 Å². The standard InChI is InChI=1S/C13H13ClN2O3S/c1-18-10-5-8(7-17)3-4-9(10)19-12-6-11(14)15-13(16-12)20-2/h3-6,17H,7H2,1-2H3. The largest absolute Gasteiger partial charge is 0.493 e. The number of aromatic nitrogens is 2. The number of methoxy groups -OCH3 is 1. The summed E-state index contributed by atoms with van der Waals surface area (Å²) in [6.45, 7) is -0.0629. The number of rotatable bonds is 5. The van der Waals surface area contributed by atoms with Crippen molar-refractivity contribution in [2.75, 3.05) is 13.4 Å². The summed E-state index contributed by atoms with van der Waals surface area (Å²) >= 11 is 7.28. The van der Waals surface area contributed by atoms with Crippen LogP contribution >= 0.6 is 23.4 Å². The van der Waals surface area contributed by atoms with E-state index in [0.29, 0.717) is 27.7 Å². The van der Waals surface area contributed by atoms with Crippen LogP contribution in [-0.4, -0.2) is 28.4 Å². The Balaban J connectivity index is 2.31. The van der Waals surface area contributed by atoms with Crippen LogP contribution in [-0.2, 0) is 6.61 Å². The maximum absolute atomic E-state index is 9.11. The van der Waals surface area contributed by atoms with E-state index in [1.54, 1.807) is 18.2 Å². The third kappa shape index (κ3) is 3.53. The van der Waals surface area contributed by atoms with E-state index >= 15 is 0 Å². The Morgan fingerprint density at radius 3 is 2.70 bits per heavy atom. The van der Waals surface area contributed by atoms with E-state index in [0.717, 1.165) is 5.56 Å². The van der Waals surface area contributed by atoms with Gasteiger partial charge in [0.1, 0.15) is 5.15 Å². The molecule has 1 aromatic carbocycles. The fourth-order valence-electron chi connectivity index (χ4n) is 1.53. The second kappa shape index (κ2) is 6.78. The van der Waals surface area contributed by atoms with Crippen molar-refractivity contribution in [2.45, 2.75) is 11.8 Å². The molecule has 106 valence electrons. The van der Waals surface area contributed by atoms with E-state index in [1.807, 2.05) is 6.26 Å². The van der Waals surface area contributed by atoms with E-state index in [2.05, 4.69) is 9.97 Å². The van der Waals surface area contributed by atoms with Gasteiger partial charge >= 0.3 is 0 Å². The van der Waals surface area contributed by atoms with Gasteiger partial charge in [-0.2, -0.15) is 4.98 Å². The summed E-state index contributed by atoms with van der Waals surface area (Å²) in [5.41, 5.74) is 0.736. The summed E-state index contributed by atoms with van der Waals surface area (Å²) in [5.74, 6) is 1.34. The normalized spacial score (nSPS) is 10.4. The third-order valence-electron chi connectivity index (χ3n) is 2.46. The Morgan fingerprint density at radius 1 is 1.25 bits per heavy atom. The Kier molecular flexibility index (Phi) is 5.05. The molecule has 1 N–H and O–H groups in total. The lowest BCUT2D eigenvalue weighted by atomic mass is 10.2. The monoisotopic (exact) mass is 312 g/mol. The van der Waals surface area contributed by atoms with Crippen molar-refractivity contribution < 1.29 is 14.6 Å². The van der Waals surface area contributed by atoms with Crippen LogP contribution in [0.25, 0.3) is 0 Å². The zero-order chi connectivity index (χ0) is 14.5. The number of hydrogen-bond donors (Lipinski definition) is 1. The van der Waals surface area contributed by atoms with Crippen LogP contribution in [0.5, 0.6) is 17.4 Å². The third-order valence-corrected chi connectivity index (χ3v) is 3.20. The molecule has 0 saturated heterocycles. The Morgan fingerprint density at radius 2 is 2.05 bits per heavy atom. The van der Waals surface area contributed by atoms with Crippen molar-refractivity contribution in [1.29, 1.82) is 0 Å². The number of aliphatic hydroxyl groups excluding tert-OH is 1. The SMILES string of the molecule is COc1cc(CO)ccc1Oc1cc(Cl)nc(SC)n1. The molecule has 0 fully saturated rings. The van der Waals surface area contributed by atoms with Crippen molar-refractivity contribution in [3.63, 3.8) is 0 Å². The lowest BCUT2D eigenvalue weighted by Gasteiger charge is -2.11. The van der Waals surface area contributed by atoms with Gasteiger partial charge in [0, 0.05) is 6.07 Å². The molecule has 0 aliphatic heterocycles. The molecule has 0 amide bonds. The maximum atomic E-state index is 9.11. The number of ether oxygens (including phenoxy) is 2. The zero-order valence-electron chi connectivity index (χ0n) is 11.0. The molecule has 5 nitrogen and oxygen atoms in total. The molecule has 1 heterocycles. The minimum absolute atomic E-state index is 0.0629. The van der Waals surface area contributed by atoms with Gasteiger partial charge in [0.2, 0.25) is 5.88 Å². The van der Waals surface area contributed by atoms with Gasteiger partial charge in [-0.05, 0) is 24.0 Å². The lowest BCUT2D eigenvalue weighted by molar-refractivity contribution is 0.280. The van der Waals surface area contributed by atoms with Gasteiger partial charge in [-0.25, -0.2) is 4.98 Å². The first-order valence-corrected chi connectivity index (χ1v) is 7.30. The summed E-state index contributed by atoms with van der Waals surface area (Å²) in [6.07, 6.45) is 1.85. The van der Waals surface area contributed by atoms with Crippen LogP contribution in [0.3, 0.4) is 0 Å². The van der Waals surface area contributed by atoms with E-state index in [-0.39, 0.29) is 6.61 Å². The van der Waals surface area contributed by atoms with Crippen molar-refractivity contribution in [1.82, 2.24) is 9.97 Å². The molecule has 20 heavy (non-hydrogen) atoms. The highest BCUT2D eigenvalue weighted by Gasteiger charge is 2.10. The average molecular weight is 313 g/mol. The van der Waals surface area contributed by atoms with Gasteiger partial charge in [0.05, 0.1) is 13.7 Å². The van der Waals surface area contributed by atoms with Crippen molar-refractivity contribution in [2.24, 2.45) is 0 Å². The molecule has 2 rings (SSSR count). The summed E-state index contributed by atoms with van der Waals surface area (Å²) in [7, 11) is 1.53. The van der Waals surface area contributed by atoms with Crippen LogP contribution in [0.2, 0.25) is 5.15 Å². The van der Waals surface area contributed by atoms with Crippen molar-refractivity contribution in [3.05, 3.63) is 35.0 Å². The summed E-state index contributed by atoms with van der Waals surface area (Å²) in [5, 5.41) is 9.94. The van der Waals surface area contributed by atoms with Crippen LogP contribution in [0.4, 0.5) is 0 Å². The van der Waals surface area contributed by atoms with E-state index in [1.165, 1.54) is 24.9 Å². The molecule has 0 atom stereocenters. The average Bonchev–Trinajstić information content (AvgIpc) is 2.47. The first-order chi connectivity index (χ1) is 9.66. The fourth-order valence-corrected chi connectivity index (χ4v) is 2.12. The highest BCUT2D eigenvalue weighted by atomic mass is 35.5. The Hall–Kier alpha value is -1.50.